The molecular formula is C22H30N2O3. The van der Waals surface area contributed by atoms with Gasteiger partial charge in [0, 0.05) is 45.4 Å². The van der Waals surface area contributed by atoms with Crippen molar-refractivity contribution in [3.8, 4) is 5.75 Å². The van der Waals surface area contributed by atoms with E-state index >= 15 is 0 Å². The Balaban J connectivity index is 1.55. The highest BCUT2D eigenvalue weighted by Gasteiger charge is 2.26. The van der Waals surface area contributed by atoms with E-state index in [2.05, 4.69) is 46.2 Å². The summed E-state index contributed by atoms with van der Waals surface area (Å²) in [5.74, 6) is 0.790. The molecule has 0 aromatic heterocycles. The zero-order chi connectivity index (χ0) is 18.9. The van der Waals surface area contributed by atoms with E-state index in [1.165, 1.54) is 11.1 Å². The molecule has 5 heteroatoms. The number of hydrogen-bond donors (Lipinski definition) is 2. The molecule has 0 bridgehead atoms. The first-order chi connectivity index (χ1) is 13.3. The molecule has 146 valence electrons. The molecule has 1 saturated heterocycles. The standard InChI is InChI=1S/C22H30N2O3/c25-13-10-21-18-23(11-12-24(21)17-19-4-2-1-3-5-19)16-20-6-8-22(9-7-20)27-15-14-26/h1-9,21,25-26H,10-18H2/t21-/m1/s1. The van der Waals surface area contributed by atoms with Crippen molar-refractivity contribution in [2.75, 3.05) is 39.5 Å². The van der Waals surface area contributed by atoms with Gasteiger partial charge in [-0.25, -0.2) is 0 Å². The van der Waals surface area contributed by atoms with Gasteiger partial charge in [0.15, 0.2) is 0 Å². The summed E-state index contributed by atoms with van der Waals surface area (Å²) in [6.45, 7) is 5.43. The zero-order valence-corrected chi connectivity index (χ0v) is 15.8. The lowest BCUT2D eigenvalue weighted by atomic mass is 10.1. The first-order valence-corrected chi connectivity index (χ1v) is 9.72. The molecule has 1 atom stereocenters. The molecule has 0 unspecified atom stereocenters. The summed E-state index contributed by atoms with van der Waals surface area (Å²) in [6, 6.07) is 19.0. The van der Waals surface area contributed by atoms with Gasteiger partial charge in [0.2, 0.25) is 0 Å². The maximum atomic E-state index is 9.50. The van der Waals surface area contributed by atoms with Crippen molar-refractivity contribution < 1.29 is 14.9 Å². The summed E-state index contributed by atoms with van der Waals surface area (Å²) >= 11 is 0. The van der Waals surface area contributed by atoms with E-state index in [1.54, 1.807) is 0 Å². The largest absolute Gasteiger partial charge is 0.491 e. The monoisotopic (exact) mass is 370 g/mol. The molecule has 0 radical (unpaired) electrons. The van der Waals surface area contributed by atoms with Crippen LogP contribution in [0.3, 0.4) is 0 Å². The van der Waals surface area contributed by atoms with E-state index in [4.69, 9.17) is 9.84 Å². The molecule has 2 N–H and O–H groups in total. The number of aliphatic hydroxyl groups excluding tert-OH is 2. The van der Waals surface area contributed by atoms with E-state index in [1.807, 2.05) is 18.2 Å². The highest BCUT2D eigenvalue weighted by atomic mass is 16.5. The first kappa shape index (κ1) is 19.8. The Morgan fingerprint density at radius 3 is 2.30 bits per heavy atom. The average molecular weight is 370 g/mol. The quantitative estimate of drug-likeness (QED) is 0.708. The van der Waals surface area contributed by atoms with Gasteiger partial charge in [0.05, 0.1) is 6.61 Å². The Morgan fingerprint density at radius 2 is 1.59 bits per heavy atom. The van der Waals surface area contributed by atoms with E-state index in [0.717, 1.165) is 44.9 Å². The molecule has 0 amide bonds. The minimum absolute atomic E-state index is 0.0290. The summed E-state index contributed by atoms with van der Waals surface area (Å²) in [4.78, 5) is 4.96. The number of rotatable bonds is 9. The van der Waals surface area contributed by atoms with Crippen molar-refractivity contribution in [3.05, 3.63) is 65.7 Å². The van der Waals surface area contributed by atoms with Gasteiger partial charge >= 0.3 is 0 Å². The van der Waals surface area contributed by atoms with Crippen molar-refractivity contribution in [2.24, 2.45) is 0 Å². The summed E-state index contributed by atoms with van der Waals surface area (Å²) < 4.78 is 5.42. The van der Waals surface area contributed by atoms with Crippen LogP contribution in [0.15, 0.2) is 54.6 Å². The molecule has 2 aromatic carbocycles. The highest BCUT2D eigenvalue weighted by Crippen LogP contribution is 2.19. The van der Waals surface area contributed by atoms with Crippen LogP contribution in [0.25, 0.3) is 0 Å². The van der Waals surface area contributed by atoms with E-state index in [0.29, 0.717) is 12.6 Å². The van der Waals surface area contributed by atoms with Crippen LogP contribution in [0.5, 0.6) is 5.75 Å². The average Bonchev–Trinajstić information content (AvgIpc) is 2.70. The lowest BCUT2D eigenvalue weighted by Gasteiger charge is -2.41. The van der Waals surface area contributed by atoms with Gasteiger partial charge in [-0.3, -0.25) is 9.80 Å². The maximum Gasteiger partial charge on any atom is 0.119 e. The third kappa shape index (κ3) is 6.04. The van der Waals surface area contributed by atoms with Crippen LogP contribution in [0.4, 0.5) is 0 Å². The maximum absolute atomic E-state index is 9.50. The fourth-order valence-corrected chi connectivity index (χ4v) is 3.66. The smallest absolute Gasteiger partial charge is 0.119 e. The predicted molar refractivity (Wildman–Crippen MR) is 107 cm³/mol. The Kier molecular flexibility index (Phi) is 7.66. The van der Waals surface area contributed by atoms with Crippen molar-refractivity contribution >= 4 is 0 Å². The molecule has 5 nitrogen and oxygen atoms in total. The van der Waals surface area contributed by atoms with Gasteiger partial charge in [0.1, 0.15) is 12.4 Å². The number of ether oxygens (including phenoxy) is 1. The van der Waals surface area contributed by atoms with Gasteiger partial charge < -0.3 is 14.9 Å². The third-order valence-electron chi connectivity index (χ3n) is 5.07. The number of piperazine rings is 1. The van der Waals surface area contributed by atoms with Crippen LogP contribution in [-0.4, -0.2) is 65.5 Å². The van der Waals surface area contributed by atoms with Crippen LogP contribution in [0, 0.1) is 0 Å². The molecule has 1 aliphatic rings. The Labute approximate surface area is 161 Å². The molecular weight excluding hydrogens is 340 g/mol. The second kappa shape index (κ2) is 10.4. The van der Waals surface area contributed by atoms with E-state index < -0.39 is 0 Å². The van der Waals surface area contributed by atoms with E-state index in [9.17, 15) is 5.11 Å². The van der Waals surface area contributed by atoms with Crippen LogP contribution in [0.1, 0.15) is 17.5 Å². The van der Waals surface area contributed by atoms with Crippen LogP contribution < -0.4 is 4.74 Å². The number of hydrogen-bond acceptors (Lipinski definition) is 5. The number of nitrogens with zero attached hydrogens (tertiary/aromatic N) is 2. The molecule has 2 aromatic rings. The van der Waals surface area contributed by atoms with Crippen molar-refractivity contribution in [2.45, 2.75) is 25.6 Å². The number of benzene rings is 2. The molecule has 1 heterocycles. The normalized spacial score (nSPS) is 18.5. The van der Waals surface area contributed by atoms with E-state index in [-0.39, 0.29) is 13.2 Å². The van der Waals surface area contributed by atoms with Crippen LogP contribution >= 0.6 is 0 Å². The first-order valence-electron chi connectivity index (χ1n) is 9.72. The Bertz CT molecular complexity index is 663. The van der Waals surface area contributed by atoms with Crippen molar-refractivity contribution in [3.63, 3.8) is 0 Å². The second-order valence-corrected chi connectivity index (χ2v) is 7.07. The zero-order valence-electron chi connectivity index (χ0n) is 15.8. The number of aliphatic hydroxyl groups is 2. The minimum atomic E-state index is 0.0290. The minimum Gasteiger partial charge on any atom is -0.491 e. The predicted octanol–water partition coefficient (Wildman–Crippen LogP) is 2.13. The topological polar surface area (TPSA) is 56.2 Å². The fraction of sp³-hybridized carbons (Fsp3) is 0.455. The van der Waals surface area contributed by atoms with Gasteiger partial charge in [-0.05, 0) is 29.7 Å². The highest BCUT2D eigenvalue weighted by molar-refractivity contribution is 5.27. The van der Waals surface area contributed by atoms with Crippen molar-refractivity contribution in [1.82, 2.24) is 9.80 Å². The van der Waals surface area contributed by atoms with Gasteiger partial charge in [-0.2, -0.15) is 0 Å². The Hall–Kier alpha value is -1.92. The summed E-state index contributed by atoms with van der Waals surface area (Å²) in [5, 5.41) is 18.3. The Morgan fingerprint density at radius 1 is 0.852 bits per heavy atom. The lowest BCUT2D eigenvalue weighted by molar-refractivity contribution is 0.0500. The molecule has 27 heavy (non-hydrogen) atoms. The van der Waals surface area contributed by atoms with Gasteiger partial charge in [-0.1, -0.05) is 42.5 Å². The molecule has 3 rings (SSSR count). The molecule has 0 spiro atoms. The SMILES string of the molecule is OCCOc1ccc(CN2CCN(Cc3ccccc3)[C@H](CCO)C2)cc1. The summed E-state index contributed by atoms with van der Waals surface area (Å²) in [6.07, 6.45) is 0.803. The molecule has 0 aliphatic carbocycles. The summed E-state index contributed by atoms with van der Waals surface area (Å²) in [7, 11) is 0. The lowest BCUT2D eigenvalue weighted by Crippen LogP contribution is -2.52. The van der Waals surface area contributed by atoms with Gasteiger partial charge in [0.25, 0.3) is 0 Å². The van der Waals surface area contributed by atoms with Crippen LogP contribution in [0.2, 0.25) is 0 Å². The molecule has 1 aliphatic heterocycles. The summed E-state index contributed by atoms with van der Waals surface area (Å²) in [5.41, 5.74) is 2.58. The second-order valence-electron chi connectivity index (χ2n) is 7.07. The fourth-order valence-electron chi connectivity index (χ4n) is 3.66. The third-order valence-corrected chi connectivity index (χ3v) is 5.07. The molecule has 0 saturated carbocycles. The van der Waals surface area contributed by atoms with Crippen LogP contribution in [-0.2, 0) is 13.1 Å². The van der Waals surface area contributed by atoms with Gasteiger partial charge in [-0.15, -0.1) is 0 Å². The van der Waals surface area contributed by atoms with Crippen molar-refractivity contribution in [1.29, 1.82) is 0 Å². The molecule has 1 fully saturated rings.